The number of carbonyl (C=O) groups excluding carboxylic acids is 2. The van der Waals surface area contributed by atoms with Crippen LogP contribution in [-0.2, 0) is 14.3 Å². The Morgan fingerprint density at radius 3 is 2.55 bits per heavy atom. The number of hydrogen-bond acceptors (Lipinski definition) is 6. The molecule has 1 saturated heterocycles. The number of nitro groups is 1. The second-order valence-electron chi connectivity index (χ2n) is 6.34. The number of amides is 1. The molecule has 8 nitrogen and oxygen atoms in total. The number of aliphatic hydroxyl groups is 1. The average molecular weight is 417 g/mol. The number of likely N-dealkylation sites (tertiary alicyclic amines) is 1. The highest BCUT2D eigenvalue weighted by Gasteiger charge is 2.46. The maximum absolute atomic E-state index is 12.8. The number of ketones is 1. The Kier molecular flexibility index (Phi) is 5.95. The molecule has 1 unspecified atom stereocenters. The van der Waals surface area contributed by atoms with Gasteiger partial charge in [-0.05, 0) is 29.8 Å². The second-order valence-corrected chi connectivity index (χ2v) is 6.78. The van der Waals surface area contributed by atoms with E-state index < -0.39 is 22.7 Å². The first-order valence-corrected chi connectivity index (χ1v) is 9.00. The van der Waals surface area contributed by atoms with E-state index in [0.29, 0.717) is 16.1 Å². The molecule has 1 heterocycles. The Labute approximate surface area is 171 Å². The Bertz CT molecular complexity index is 1000. The summed E-state index contributed by atoms with van der Waals surface area (Å²) in [7, 11) is 1.45. The lowest BCUT2D eigenvalue weighted by atomic mass is 9.95. The molecule has 9 heteroatoms. The second kappa shape index (κ2) is 8.42. The van der Waals surface area contributed by atoms with Crippen molar-refractivity contribution in [1.29, 1.82) is 0 Å². The van der Waals surface area contributed by atoms with Crippen LogP contribution in [0.15, 0.2) is 54.1 Å². The summed E-state index contributed by atoms with van der Waals surface area (Å²) in [6, 6.07) is 10.8. The van der Waals surface area contributed by atoms with Crippen molar-refractivity contribution in [1.82, 2.24) is 4.90 Å². The van der Waals surface area contributed by atoms with E-state index in [1.165, 1.54) is 42.3 Å². The maximum atomic E-state index is 12.8. The first kappa shape index (κ1) is 20.5. The average Bonchev–Trinajstić information content (AvgIpc) is 2.97. The number of ether oxygens (including phenoxy) is 1. The number of benzene rings is 2. The molecule has 0 radical (unpaired) electrons. The fraction of sp³-hybridized carbons (Fsp3) is 0.200. The van der Waals surface area contributed by atoms with Crippen LogP contribution in [0.1, 0.15) is 17.2 Å². The minimum atomic E-state index is -0.985. The van der Waals surface area contributed by atoms with Crippen LogP contribution in [0.25, 0.3) is 5.76 Å². The number of hydrogen-bond donors (Lipinski definition) is 1. The number of nitro benzene ring substituents is 1. The van der Waals surface area contributed by atoms with Gasteiger partial charge >= 0.3 is 0 Å². The molecule has 1 atom stereocenters. The molecule has 2 aromatic rings. The van der Waals surface area contributed by atoms with Gasteiger partial charge in [0.15, 0.2) is 0 Å². The number of carbonyl (C=O) groups is 2. The van der Waals surface area contributed by atoms with Crippen LogP contribution in [0.3, 0.4) is 0 Å². The summed E-state index contributed by atoms with van der Waals surface area (Å²) in [5.74, 6) is -2.06. The molecule has 3 rings (SSSR count). The van der Waals surface area contributed by atoms with Gasteiger partial charge in [-0.15, -0.1) is 0 Å². The molecule has 0 bridgehead atoms. The van der Waals surface area contributed by atoms with E-state index in [0.717, 1.165) is 0 Å². The SMILES string of the molecule is COCCN1C(=O)C(=O)C(=C(O)c2ccc(Cl)cc2)C1c1cccc([N+](=O)[O-])c1. The zero-order valence-electron chi connectivity index (χ0n) is 15.4. The summed E-state index contributed by atoms with van der Waals surface area (Å²) >= 11 is 5.88. The van der Waals surface area contributed by atoms with E-state index in [4.69, 9.17) is 16.3 Å². The highest BCUT2D eigenvalue weighted by Crippen LogP contribution is 2.40. The molecule has 150 valence electrons. The lowest BCUT2D eigenvalue weighted by molar-refractivity contribution is -0.384. The molecule has 0 spiro atoms. The fourth-order valence-electron chi connectivity index (χ4n) is 3.22. The molecule has 1 amide bonds. The van der Waals surface area contributed by atoms with Crippen LogP contribution in [0.5, 0.6) is 0 Å². The Hall–Kier alpha value is -3.23. The molecule has 2 aromatic carbocycles. The molecular weight excluding hydrogens is 400 g/mol. The molecule has 1 N–H and O–H groups in total. The van der Waals surface area contributed by atoms with Gasteiger partial charge in [0.05, 0.1) is 23.1 Å². The summed E-state index contributed by atoms with van der Waals surface area (Å²) in [5, 5.41) is 22.4. The molecule has 29 heavy (non-hydrogen) atoms. The first-order valence-electron chi connectivity index (χ1n) is 8.62. The van der Waals surface area contributed by atoms with Crippen molar-refractivity contribution >= 4 is 34.7 Å². The molecule has 1 fully saturated rings. The number of Topliss-reactive ketones (excluding diaryl/α,β-unsaturated/α-hetero) is 1. The van der Waals surface area contributed by atoms with Crippen LogP contribution in [0.4, 0.5) is 5.69 Å². The minimum Gasteiger partial charge on any atom is -0.507 e. The third-order valence-corrected chi connectivity index (χ3v) is 4.84. The standard InChI is InChI=1S/C20H17ClN2O6/c1-29-10-9-22-17(13-3-2-4-15(11-13)23(27)28)16(19(25)20(22)26)18(24)12-5-7-14(21)8-6-12/h2-8,11,17,24H,9-10H2,1H3. The molecule has 0 aliphatic carbocycles. The highest BCUT2D eigenvalue weighted by molar-refractivity contribution is 6.46. The Balaban J connectivity index is 2.18. The highest BCUT2D eigenvalue weighted by atomic mass is 35.5. The van der Waals surface area contributed by atoms with Gasteiger partial charge in [-0.25, -0.2) is 0 Å². The Morgan fingerprint density at radius 1 is 1.24 bits per heavy atom. The number of non-ortho nitro benzene ring substituents is 1. The predicted octanol–water partition coefficient (Wildman–Crippen LogP) is 3.32. The molecule has 0 aromatic heterocycles. The van der Waals surface area contributed by atoms with Crippen molar-refractivity contribution in [3.8, 4) is 0 Å². The van der Waals surface area contributed by atoms with Gasteiger partial charge in [0.25, 0.3) is 17.4 Å². The summed E-state index contributed by atoms with van der Waals surface area (Å²) < 4.78 is 5.02. The van der Waals surface area contributed by atoms with E-state index in [-0.39, 0.29) is 30.2 Å². The molecule has 1 aliphatic rings. The summed E-state index contributed by atoms with van der Waals surface area (Å²) in [6.07, 6.45) is 0. The van der Waals surface area contributed by atoms with E-state index in [2.05, 4.69) is 0 Å². The fourth-order valence-corrected chi connectivity index (χ4v) is 3.34. The van der Waals surface area contributed by atoms with Gasteiger partial charge < -0.3 is 14.7 Å². The van der Waals surface area contributed by atoms with Crippen LogP contribution < -0.4 is 0 Å². The number of aliphatic hydroxyl groups excluding tert-OH is 1. The van der Waals surface area contributed by atoms with Crippen molar-refractivity contribution in [3.63, 3.8) is 0 Å². The molecule has 1 aliphatic heterocycles. The minimum absolute atomic E-state index is 0.0752. The third kappa shape index (κ3) is 3.98. The normalized spacial score (nSPS) is 18.3. The van der Waals surface area contributed by atoms with Crippen LogP contribution in [0.2, 0.25) is 5.02 Å². The van der Waals surface area contributed by atoms with Gasteiger partial charge in [0, 0.05) is 36.4 Å². The zero-order chi connectivity index (χ0) is 21.1. The first-order chi connectivity index (χ1) is 13.8. The third-order valence-electron chi connectivity index (χ3n) is 4.59. The quantitative estimate of drug-likeness (QED) is 0.254. The van der Waals surface area contributed by atoms with Crippen molar-refractivity contribution in [2.75, 3.05) is 20.3 Å². The van der Waals surface area contributed by atoms with Gasteiger partial charge in [-0.1, -0.05) is 23.7 Å². The lowest BCUT2D eigenvalue weighted by Gasteiger charge is -2.24. The van der Waals surface area contributed by atoms with Gasteiger partial charge in [-0.3, -0.25) is 19.7 Å². The van der Waals surface area contributed by atoms with E-state index in [1.54, 1.807) is 18.2 Å². The zero-order valence-corrected chi connectivity index (χ0v) is 16.1. The van der Waals surface area contributed by atoms with Crippen LogP contribution in [-0.4, -0.2) is 46.9 Å². The van der Waals surface area contributed by atoms with E-state index in [9.17, 15) is 24.8 Å². The lowest BCUT2D eigenvalue weighted by Crippen LogP contribution is -2.32. The van der Waals surface area contributed by atoms with Crippen molar-refractivity contribution < 1.29 is 24.4 Å². The van der Waals surface area contributed by atoms with Gasteiger partial charge in [0.2, 0.25) is 0 Å². The number of rotatable bonds is 6. The predicted molar refractivity (Wildman–Crippen MR) is 105 cm³/mol. The van der Waals surface area contributed by atoms with Gasteiger partial charge in [-0.2, -0.15) is 0 Å². The largest absolute Gasteiger partial charge is 0.507 e. The van der Waals surface area contributed by atoms with Crippen molar-refractivity contribution in [3.05, 3.63) is 80.4 Å². The number of methoxy groups -OCH3 is 1. The summed E-state index contributed by atoms with van der Waals surface area (Å²) in [5.41, 5.74) is 0.305. The van der Waals surface area contributed by atoms with Crippen molar-refractivity contribution in [2.45, 2.75) is 6.04 Å². The van der Waals surface area contributed by atoms with Crippen molar-refractivity contribution in [2.24, 2.45) is 0 Å². The Morgan fingerprint density at radius 2 is 1.93 bits per heavy atom. The number of nitrogens with zero attached hydrogens (tertiary/aromatic N) is 2. The molecule has 0 saturated carbocycles. The monoisotopic (exact) mass is 416 g/mol. The van der Waals surface area contributed by atoms with E-state index in [1.807, 2.05) is 0 Å². The molecular formula is C20H17ClN2O6. The van der Waals surface area contributed by atoms with Crippen LogP contribution in [0, 0.1) is 10.1 Å². The topological polar surface area (TPSA) is 110 Å². The van der Waals surface area contributed by atoms with Gasteiger partial charge in [0.1, 0.15) is 5.76 Å². The van der Waals surface area contributed by atoms with E-state index >= 15 is 0 Å². The van der Waals surface area contributed by atoms with Crippen LogP contribution >= 0.6 is 11.6 Å². The summed E-state index contributed by atoms with van der Waals surface area (Å²) in [6.45, 7) is 0.227. The number of halogens is 1. The smallest absolute Gasteiger partial charge is 0.295 e. The maximum Gasteiger partial charge on any atom is 0.295 e. The summed E-state index contributed by atoms with van der Waals surface area (Å²) in [4.78, 5) is 37.2.